The monoisotopic (exact) mass is 331 g/mol. The molecule has 0 saturated carbocycles. The molecule has 2 nitrogen and oxygen atoms in total. The molecule has 0 bridgehead atoms. The minimum Gasteiger partial charge on any atom is -0.490 e. The number of anilines is 1. The van der Waals surface area contributed by atoms with Crippen molar-refractivity contribution in [2.24, 2.45) is 0 Å². The first kappa shape index (κ1) is 14.7. The Bertz CT molecular complexity index is 578. The van der Waals surface area contributed by atoms with E-state index in [2.05, 4.69) is 59.0 Å². The summed E-state index contributed by atoms with van der Waals surface area (Å²) in [5.41, 5.74) is 3.60. The second-order valence-electron chi connectivity index (χ2n) is 4.56. The van der Waals surface area contributed by atoms with Crippen LogP contribution in [0.1, 0.15) is 11.1 Å². The van der Waals surface area contributed by atoms with Crippen LogP contribution in [0.3, 0.4) is 0 Å². The van der Waals surface area contributed by atoms with Crippen LogP contribution >= 0.6 is 15.9 Å². The van der Waals surface area contributed by atoms with E-state index in [9.17, 15) is 0 Å². The van der Waals surface area contributed by atoms with Gasteiger partial charge in [0.05, 0.1) is 0 Å². The number of rotatable bonds is 6. The van der Waals surface area contributed by atoms with Crippen molar-refractivity contribution in [1.29, 1.82) is 0 Å². The van der Waals surface area contributed by atoms with Gasteiger partial charge in [0.25, 0.3) is 0 Å². The van der Waals surface area contributed by atoms with E-state index in [1.54, 1.807) is 6.08 Å². The molecule has 0 amide bonds. The minimum atomic E-state index is 0.537. The van der Waals surface area contributed by atoms with Gasteiger partial charge in [0.15, 0.2) is 0 Å². The number of benzene rings is 2. The standard InChI is InChI=1S/C17H18BrNO/c1-3-10-20-16-8-5-14(6-9-16)12-19-17-11-15(18)7-4-13(17)2/h3-9,11,19H,1,10,12H2,2H3. The molecule has 1 N–H and O–H groups in total. The number of ether oxygens (including phenoxy) is 1. The average molecular weight is 332 g/mol. The van der Waals surface area contributed by atoms with E-state index < -0.39 is 0 Å². The third kappa shape index (κ3) is 4.14. The van der Waals surface area contributed by atoms with Gasteiger partial charge in [-0.3, -0.25) is 0 Å². The molecule has 104 valence electrons. The summed E-state index contributed by atoms with van der Waals surface area (Å²) >= 11 is 3.49. The molecule has 2 aromatic rings. The first-order valence-corrected chi connectivity index (χ1v) is 7.31. The predicted octanol–water partition coefficient (Wildman–Crippen LogP) is 4.93. The first-order valence-electron chi connectivity index (χ1n) is 6.51. The molecule has 2 rings (SSSR count). The lowest BCUT2D eigenvalue weighted by Crippen LogP contribution is -2.01. The minimum absolute atomic E-state index is 0.537. The van der Waals surface area contributed by atoms with Gasteiger partial charge in [-0.1, -0.05) is 46.8 Å². The van der Waals surface area contributed by atoms with Crippen molar-refractivity contribution in [3.05, 3.63) is 70.7 Å². The second kappa shape index (κ2) is 7.15. The summed E-state index contributed by atoms with van der Waals surface area (Å²) in [5.74, 6) is 0.868. The number of halogens is 1. The fourth-order valence-corrected chi connectivity index (χ4v) is 2.20. The third-order valence-corrected chi connectivity index (χ3v) is 3.47. The molecule has 0 aliphatic carbocycles. The van der Waals surface area contributed by atoms with E-state index in [0.29, 0.717) is 6.61 Å². The summed E-state index contributed by atoms with van der Waals surface area (Å²) in [5, 5.41) is 3.45. The Hall–Kier alpha value is -1.74. The van der Waals surface area contributed by atoms with Crippen LogP contribution < -0.4 is 10.1 Å². The summed E-state index contributed by atoms with van der Waals surface area (Å²) in [6, 6.07) is 14.3. The summed E-state index contributed by atoms with van der Waals surface area (Å²) in [4.78, 5) is 0. The Balaban J connectivity index is 1.96. The SMILES string of the molecule is C=CCOc1ccc(CNc2cc(Br)ccc2C)cc1. The van der Waals surface area contributed by atoms with Crippen LogP contribution in [0, 0.1) is 6.92 Å². The maximum Gasteiger partial charge on any atom is 0.119 e. The molecule has 0 heterocycles. The molecule has 0 fully saturated rings. The van der Waals surface area contributed by atoms with Crippen LogP contribution in [-0.4, -0.2) is 6.61 Å². The predicted molar refractivity (Wildman–Crippen MR) is 88.3 cm³/mol. The van der Waals surface area contributed by atoms with Crippen molar-refractivity contribution in [3.8, 4) is 5.75 Å². The van der Waals surface area contributed by atoms with Gasteiger partial charge in [-0.2, -0.15) is 0 Å². The van der Waals surface area contributed by atoms with Gasteiger partial charge < -0.3 is 10.1 Å². The Labute approximate surface area is 128 Å². The average Bonchev–Trinajstić information content (AvgIpc) is 2.47. The molecule has 0 aromatic heterocycles. The molecule has 0 radical (unpaired) electrons. The number of nitrogens with one attached hydrogen (secondary N) is 1. The Morgan fingerprint density at radius 1 is 1.20 bits per heavy atom. The van der Waals surface area contributed by atoms with Crippen molar-refractivity contribution in [2.45, 2.75) is 13.5 Å². The van der Waals surface area contributed by atoms with Crippen molar-refractivity contribution >= 4 is 21.6 Å². The molecule has 0 spiro atoms. The number of aryl methyl sites for hydroxylation is 1. The van der Waals surface area contributed by atoms with Gasteiger partial charge in [0, 0.05) is 16.7 Å². The molecule has 20 heavy (non-hydrogen) atoms. The van der Waals surface area contributed by atoms with Crippen LogP contribution in [0.4, 0.5) is 5.69 Å². The zero-order valence-corrected chi connectivity index (χ0v) is 13.1. The van der Waals surface area contributed by atoms with E-state index in [0.717, 1.165) is 22.5 Å². The molecule has 3 heteroatoms. The van der Waals surface area contributed by atoms with E-state index in [-0.39, 0.29) is 0 Å². The van der Waals surface area contributed by atoms with E-state index in [4.69, 9.17) is 4.74 Å². The highest BCUT2D eigenvalue weighted by Gasteiger charge is 2.00. The quantitative estimate of drug-likeness (QED) is 0.757. The molecular weight excluding hydrogens is 314 g/mol. The van der Waals surface area contributed by atoms with Crippen molar-refractivity contribution in [1.82, 2.24) is 0 Å². The van der Waals surface area contributed by atoms with Crippen molar-refractivity contribution in [3.63, 3.8) is 0 Å². The Morgan fingerprint density at radius 2 is 1.95 bits per heavy atom. The molecule has 0 aliphatic rings. The lowest BCUT2D eigenvalue weighted by Gasteiger charge is -2.11. The molecule has 0 unspecified atom stereocenters. The topological polar surface area (TPSA) is 21.3 Å². The summed E-state index contributed by atoms with van der Waals surface area (Å²) < 4.78 is 6.55. The summed E-state index contributed by atoms with van der Waals surface area (Å²) in [7, 11) is 0. The zero-order valence-electron chi connectivity index (χ0n) is 11.5. The van der Waals surface area contributed by atoms with Gasteiger partial charge >= 0.3 is 0 Å². The highest BCUT2D eigenvalue weighted by Crippen LogP contribution is 2.21. The second-order valence-corrected chi connectivity index (χ2v) is 5.47. The van der Waals surface area contributed by atoms with Crippen LogP contribution in [-0.2, 0) is 6.54 Å². The maximum absolute atomic E-state index is 5.46. The van der Waals surface area contributed by atoms with Gasteiger partial charge in [-0.25, -0.2) is 0 Å². The van der Waals surface area contributed by atoms with E-state index in [1.165, 1.54) is 11.1 Å². The normalized spacial score (nSPS) is 10.1. The maximum atomic E-state index is 5.46. The summed E-state index contributed by atoms with van der Waals surface area (Å²) in [6.07, 6.45) is 1.74. The van der Waals surface area contributed by atoms with Crippen LogP contribution in [0.2, 0.25) is 0 Å². The van der Waals surface area contributed by atoms with Crippen LogP contribution in [0.15, 0.2) is 59.6 Å². The van der Waals surface area contributed by atoms with Gasteiger partial charge in [0.1, 0.15) is 12.4 Å². The zero-order chi connectivity index (χ0) is 14.4. The largest absolute Gasteiger partial charge is 0.490 e. The van der Waals surface area contributed by atoms with Gasteiger partial charge in [-0.05, 0) is 42.3 Å². The lowest BCUT2D eigenvalue weighted by molar-refractivity contribution is 0.363. The van der Waals surface area contributed by atoms with E-state index in [1.807, 2.05) is 18.2 Å². The first-order chi connectivity index (χ1) is 9.69. The number of hydrogen-bond acceptors (Lipinski definition) is 2. The Morgan fingerprint density at radius 3 is 2.65 bits per heavy atom. The van der Waals surface area contributed by atoms with Crippen molar-refractivity contribution in [2.75, 3.05) is 11.9 Å². The van der Waals surface area contributed by atoms with E-state index >= 15 is 0 Å². The fraction of sp³-hybridized carbons (Fsp3) is 0.176. The smallest absolute Gasteiger partial charge is 0.119 e. The van der Waals surface area contributed by atoms with Gasteiger partial charge in [-0.15, -0.1) is 0 Å². The molecule has 0 atom stereocenters. The molecule has 0 saturated heterocycles. The number of hydrogen-bond donors (Lipinski definition) is 1. The highest BCUT2D eigenvalue weighted by molar-refractivity contribution is 9.10. The van der Waals surface area contributed by atoms with Crippen LogP contribution in [0.25, 0.3) is 0 Å². The molecular formula is C17H18BrNO. The fourth-order valence-electron chi connectivity index (χ4n) is 1.84. The Kier molecular flexibility index (Phi) is 5.24. The molecule has 0 aliphatic heterocycles. The third-order valence-electron chi connectivity index (χ3n) is 2.97. The summed E-state index contributed by atoms with van der Waals surface area (Å²) in [6.45, 7) is 7.06. The molecule has 2 aromatic carbocycles. The van der Waals surface area contributed by atoms with Crippen LogP contribution in [0.5, 0.6) is 5.75 Å². The van der Waals surface area contributed by atoms with Crippen molar-refractivity contribution < 1.29 is 4.74 Å². The van der Waals surface area contributed by atoms with Gasteiger partial charge in [0.2, 0.25) is 0 Å². The highest BCUT2D eigenvalue weighted by atomic mass is 79.9. The lowest BCUT2D eigenvalue weighted by atomic mass is 10.1.